The number of benzene rings is 1. The van der Waals surface area contributed by atoms with E-state index in [0.29, 0.717) is 18.1 Å². The number of rotatable bonds is 7. The lowest BCUT2D eigenvalue weighted by Gasteiger charge is -2.14. The molecule has 2 heteroatoms. The highest BCUT2D eigenvalue weighted by Gasteiger charge is 2.12. The highest BCUT2D eigenvalue weighted by Crippen LogP contribution is 2.15. The fourth-order valence-electron chi connectivity index (χ4n) is 2.27. The van der Waals surface area contributed by atoms with Crippen LogP contribution in [-0.2, 0) is 4.74 Å². The van der Waals surface area contributed by atoms with Crippen molar-refractivity contribution in [1.29, 1.82) is 0 Å². The number of unbranched alkanes of at least 4 members (excludes halogenated alkanes) is 1. The molecule has 0 bridgehead atoms. The first kappa shape index (κ1) is 15.7. The average Bonchev–Trinajstić information content (AvgIpc) is 2.37. The molecule has 1 rings (SSSR count). The van der Waals surface area contributed by atoms with Crippen molar-refractivity contribution in [2.24, 2.45) is 5.92 Å². The lowest BCUT2D eigenvalue weighted by Crippen LogP contribution is -2.14. The highest BCUT2D eigenvalue weighted by atomic mass is 16.5. The Labute approximate surface area is 117 Å². The van der Waals surface area contributed by atoms with Crippen molar-refractivity contribution in [2.45, 2.75) is 53.4 Å². The maximum absolute atomic E-state index is 12.0. The van der Waals surface area contributed by atoms with Gasteiger partial charge >= 0.3 is 5.97 Å². The third-order valence-electron chi connectivity index (χ3n) is 3.45. The van der Waals surface area contributed by atoms with Gasteiger partial charge in [0.25, 0.3) is 0 Å². The maximum Gasteiger partial charge on any atom is 0.338 e. The summed E-state index contributed by atoms with van der Waals surface area (Å²) in [7, 11) is 0. The van der Waals surface area contributed by atoms with Gasteiger partial charge in [-0.2, -0.15) is 0 Å². The normalized spacial score (nSPS) is 12.2. The first-order chi connectivity index (χ1) is 9.06. The van der Waals surface area contributed by atoms with Crippen molar-refractivity contribution in [2.75, 3.05) is 6.61 Å². The molecule has 0 spiro atoms. The topological polar surface area (TPSA) is 26.3 Å². The Hall–Kier alpha value is -1.31. The van der Waals surface area contributed by atoms with E-state index in [0.717, 1.165) is 24.0 Å². The quantitative estimate of drug-likeness (QED) is 0.667. The van der Waals surface area contributed by atoms with Gasteiger partial charge in [0.2, 0.25) is 0 Å². The predicted octanol–water partition coefficient (Wildman–Crippen LogP) is 4.68. The Bertz CT molecular complexity index is 389. The van der Waals surface area contributed by atoms with Crippen LogP contribution in [0.4, 0.5) is 0 Å². The van der Waals surface area contributed by atoms with Crippen molar-refractivity contribution in [3.63, 3.8) is 0 Å². The Morgan fingerprint density at radius 1 is 1.16 bits per heavy atom. The van der Waals surface area contributed by atoms with E-state index in [9.17, 15) is 4.79 Å². The molecule has 0 saturated carbocycles. The van der Waals surface area contributed by atoms with Crippen LogP contribution in [0.1, 0.15) is 61.0 Å². The Balaban J connectivity index is 2.54. The molecule has 1 atom stereocenters. The molecule has 2 nitrogen and oxygen atoms in total. The second-order valence-corrected chi connectivity index (χ2v) is 5.39. The van der Waals surface area contributed by atoms with Gasteiger partial charge in [0.1, 0.15) is 0 Å². The first-order valence-corrected chi connectivity index (χ1v) is 7.32. The number of esters is 1. The number of hydrogen-bond acceptors (Lipinski definition) is 2. The van der Waals surface area contributed by atoms with Crippen LogP contribution in [0.15, 0.2) is 18.2 Å². The monoisotopic (exact) mass is 262 g/mol. The SMILES string of the molecule is CCCCC(CC)COC(=O)c1cc(C)cc(C)c1. The van der Waals surface area contributed by atoms with Crippen molar-refractivity contribution < 1.29 is 9.53 Å². The summed E-state index contributed by atoms with van der Waals surface area (Å²) in [6.45, 7) is 8.89. The van der Waals surface area contributed by atoms with E-state index in [-0.39, 0.29) is 5.97 Å². The van der Waals surface area contributed by atoms with Gasteiger partial charge in [-0.15, -0.1) is 0 Å². The van der Waals surface area contributed by atoms with E-state index < -0.39 is 0 Å². The Kier molecular flexibility index (Phi) is 6.61. The number of ether oxygens (including phenoxy) is 1. The number of carbonyl (C=O) groups excluding carboxylic acids is 1. The molecule has 0 saturated heterocycles. The van der Waals surface area contributed by atoms with E-state index in [1.165, 1.54) is 12.8 Å². The van der Waals surface area contributed by atoms with Crippen LogP contribution < -0.4 is 0 Å². The second-order valence-electron chi connectivity index (χ2n) is 5.39. The minimum atomic E-state index is -0.193. The molecular weight excluding hydrogens is 236 g/mol. The second kappa shape index (κ2) is 7.98. The Morgan fingerprint density at radius 2 is 1.79 bits per heavy atom. The van der Waals surface area contributed by atoms with Crippen LogP contribution in [0.25, 0.3) is 0 Å². The first-order valence-electron chi connectivity index (χ1n) is 7.32. The van der Waals surface area contributed by atoms with E-state index in [1.54, 1.807) is 0 Å². The largest absolute Gasteiger partial charge is 0.462 e. The van der Waals surface area contributed by atoms with Crippen molar-refractivity contribution in [1.82, 2.24) is 0 Å². The summed E-state index contributed by atoms with van der Waals surface area (Å²) in [6, 6.07) is 5.84. The molecule has 1 aromatic carbocycles. The fraction of sp³-hybridized carbons (Fsp3) is 0.588. The van der Waals surface area contributed by atoms with Gasteiger partial charge in [0.05, 0.1) is 12.2 Å². The summed E-state index contributed by atoms with van der Waals surface area (Å²) in [6.07, 6.45) is 4.62. The zero-order valence-corrected chi connectivity index (χ0v) is 12.7. The summed E-state index contributed by atoms with van der Waals surface area (Å²) in [5.74, 6) is 0.302. The summed E-state index contributed by atoms with van der Waals surface area (Å²) in [5.41, 5.74) is 2.87. The van der Waals surface area contributed by atoms with Gasteiger partial charge in [-0.25, -0.2) is 4.79 Å². The lowest BCUT2D eigenvalue weighted by molar-refractivity contribution is 0.0428. The average molecular weight is 262 g/mol. The molecular formula is C17H26O2. The minimum absolute atomic E-state index is 0.193. The molecule has 106 valence electrons. The number of aryl methyl sites for hydroxylation is 2. The molecule has 0 fully saturated rings. The number of carbonyl (C=O) groups is 1. The van der Waals surface area contributed by atoms with Crippen LogP contribution in [0.2, 0.25) is 0 Å². The zero-order valence-electron chi connectivity index (χ0n) is 12.7. The molecule has 0 heterocycles. The van der Waals surface area contributed by atoms with Gasteiger partial charge in [-0.1, -0.05) is 50.3 Å². The van der Waals surface area contributed by atoms with Crippen molar-refractivity contribution in [3.8, 4) is 0 Å². The van der Waals surface area contributed by atoms with Crippen molar-refractivity contribution >= 4 is 5.97 Å². The van der Waals surface area contributed by atoms with Crippen LogP contribution in [-0.4, -0.2) is 12.6 Å². The van der Waals surface area contributed by atoms with Gasteiger partial charge in [0.15, 0.2) is 0 Å². The maximum atomic E-state index is 12.0. The minimum Gasteiger partial charge on any atom is -0.462 e. The molecule has 19 heavy (non-hydrogen) atoms. The molecule has 1 aromatic rings. The van der Waals surface area contributed by atoms with Gasteiger partial charge < -0.3 is 4.74 Å². The molecule has 0 aliphatic carbocycles. The fourth-order valence-corrected chi connectivity index (χ4v) is 2.27. The molecule has 0 N–H and O–H groups in total. The standard InChI is InChI=1S/C17H26O2/c1-5-7-8-15(6-2)12-19-17(18)16-10-13(3)9-14(4)11-16/h9-11,15H,5-8,12H2,1-4H3. The molecule has 0 aliphatic rings. The molecule has 1 unspecified atom stereocenters. The predicted molar refractivity (Wildman–Crippen MR) is 79.5 cm³/mol. The van der Waals surface area contributed by atoms with E-state index in [1.807, 2.05) is 26.0 Å². The summed E-state index contributed by atoms with van der Waals surface area (Å²) >= 11 is 0. The van der Waals surface area contributed by atoms with E-state index in [4.69, 9.17) is 4.74 Å². The van der Waals surface area contributed by atoms with Gasteiger partial charge in [-0.3, -0.25) is 0 Å². The summed E-state index contributed by atoms with van der Waals surface area (Å²) < 4.78 is 5.45. The van der Waals surface area contributed by atoms with Crippen molar-refractivity contribution in [3.05, 3.63) is 34.9 Å². The Morgan fingerprint density at radius 3 is 2.32 bits per heavy atom. The van der Waals surface area contributed by atoms with Gasteiger partial charge in [-0.05, 0) is 38.3 Å². The van der Waals surface area contributed by atoms with Crippen LogP contribution in [0.5, 0.6) is 0 Å². The van der Waals surface area contributed by atoms with Crippen LogP contribution >= 0.6 is 0 Å². The highest BCUT2D eigenvalue weighted by molar-refractivity contribution is 5.89. The molecule has 0 radical (unpaired) electrons. The number of hydrogen-bond donors (Lipinski definition) is 0. The van der Waals surface area contributed by atoms with Crippen LogP contribution in [0.3, 0.4) is 0 Å². The molecule has 0 amide bonds. The van der Waals surface area contributed by atoms with E-state index >= 15 is 0 Å². The third-order valence-corrected chi connectivity index (χ3v) is 3.45. The summed E-state index contributed by atoms with van der Waals surface area (Å²) in [4.78, 5) is 12.0. The third kappa shape index (κ3) is 5.46. The molecule has 0 aliphatic heterocycles. The van der Waals surface area contributed by atoms with Gasteiger partial charge in [0, 0.05) is 0 Å². The van der Waals surface area contributed by atoms with E-state index in [2.05, 4.69) is 19.9 Å². The molecule has 0 aromatic heterocycles. The summed E-state index contributed by atoms with van der Waals surface area (Å²) in [5, 5.41) is 0. The van der Waals surface area contributed by atoms with Crippen LogP contribution in [0, 0.1) is 19.8 Å². The lowest BCUT2D eigenvalue weighted by atomic mass is 10.0. The zero-order chi connectivity index (χ0) is 14.3. The smallest absolute Gasteiger partial charge is 0.338 e.